The van der Waals surface area contributed by atoms with E-state index < -0.39 is 5.97 Å². The number of unbranched alkanes of at least 4 members (excludes halogenated alkanes) is 2. The molecular formula is C26H38N2O3. The summed E-state index contributed by atoms with van der Waals surface area (Å²) in [5.41, 5.74) is 3.87. The number of aryl methyl sites for hydroxylation is 1. The predicted octanol–water partition coefficient (Wildman–Crippen LogP) is 6.33. The van der Waals surface area contributed by atoms with Crippen LogP contribution in [0.5, 0.6) is 0 Å². The van der Waals surface area contributed by atoms with E-state index >= 15 is 0 Å². The van der Waals surface area contributed by atoms with Gasteiger partial charge in [-0.2, -0.15) is 0 Å². The molecule has 1 heterocycles. The van der Waals surface area contributed by atoms with Gasteiger partial charge in [-0.05, 0) is 50.7 Å². The van der Waals surface area contributed by atoms with Crippen LogP contribution in [0.25, 0.3) is 10.9 Å². The van der Waals surface area contributed by atoms with Crippen LogP contribution in [0.15, 0.2) is 40.6 Å². The summed E-state index contributed by atoms with van der Waals surface area (Å²) in [5, 5.41) is 11.0. The number of rotatable bonds is 13. The van der Waals surface area contributed by atoms with Crippen LogP contribution < -0.4 is 0 Å². The minimum absolute atomic E-state index is 0.0765. The Kier molecular flexibility index (Phi) is 10.3. The second-order valence-electron chi connectivity index (χ2n) is 8.25. The Morgan fingerprint density at radius 2 is 1.97 bits per heavy atom. The van der Waals surface area contributed by atoms with Crippen molar-refractivity contribution in [2.45, 2.75) is 72.6 Å². The highest BCUT2D eigenvalue weighted by molar-refractivity contribution is 6.09. The van der Waals surface area contributed by atoms with E-state index in [1.807, 2.05) is 0 Å². The zero-order valence-corrected chi connectivity index (χ0v) is 19.5. The lowest BCUT2D eigenvalue weighted by Crippen LogP contribution is -2.11. The molecule has 1 aromatic heterocycles. The zero-order chi connectivity index (χ0) is 22.6. The van der Waals surface area contributed by atoms with Gasteiger partial charge in [0.2, 0.25) is 0 Å². The smallest absolute Gasteiger partial charge is 0.343 e. The fraction of sp³-hybridized carbons (Fsp3) is 0.538. The van der Waals surface area contributed by atoms with Crippen LogP contribution in [-0.2, 0) is 22.4 Å². The molecule has 0 unspecified atom stereocenters. The SMILES string of the molecule is CCOC(=O)/C(C=NCCc1c(CCCCC[C@@H](C)CC)[nH]c2ccccc12)=C(\C)O. The summed E-state index contributed by atoms with van der Waals surface area (Å²) in [7, 11) is 0. The first-order valence-electron chi connectivity index (χ1n) is 11.6. The van der Waals surface area contributed by atoms with E-state index in [0.29, 0.717) is 6.54 Å². The van der Waals surface area contributed by atoms with E-state index in [2.05, 4.69) is 48.1 Å². The standard InChI is InChI=1S/C26H38N2O3/c1-5-19(3)12-8-7-9-14-25-22(21-13-10-11-15-24(21)28-25)16-17-27-18-23(20(4)29)26(30)31-6-2/h10-11,13,15,18-19,28-29H,5-9,12,14,16-17H2,1-4H3/b23-20+,27-18?/t19-/m0/s1. The molecule has 0 bridgehead atoms. The monoisotopic (exact) mass is 426 g/mol. The number of nitrogens with one attached hydrogen (secondary N) is 1. The van der Waals surface area contributed by atoms with E-state index in [1.165, 1.54) is 61.9 Å². The van der Waals surface area contributed by atoms with Gasteiger partial charge in [0.05, 0.1) is 6.61 Å². The third-order valence-corrected chi connectivity index (χ3v) is 5.82. The number of aromatic nitrogens is 1. The molecule has 0 fully saturated rings. The van der Waals surface area contributed by atoms with Crippen LogP contribution in [0.1, 0.15) is 71.1 Å². The number of fused-ring (bicyclic) bond motifs is 1. The van der Waals surface area contributed by atoms with Gasteiger partial charge in [0.25, 0.3) is 0 Å². The molecule has 0 amide bonds. The van der Waals surface area contributed by atoms with Gasteiger partial charge < -0.3 is 14.8 Å². The molecule has 1 aromatic carbocycles. The topological polar surface area (TPSA) is 74.7 Å². The second kappa shape index (κ2) is 13.0. The van der Waals surface area contributed by atoms with Gasteiger partial charge in [-0.15, -0.1) is 0 Å². The molecule has 2 aromatic rings. The molecule has 5 heteroatoms. The molecule has 0 radical (unpaired) electrons. The molecule has 31 heavy (non-hydrogen) atoms. The van der Waals surface area contributed by atoms with E-state index in [4.69, 9.17) is 4.74 Å². The maximum absolute atomic E-state index is 11.9. The van der Waals surface area contributed by atoms with Crippen molar-refractivity contribution in [3.05, 3.63) is 46.9 Å². The summed E-state index contributed by atoms with van der Waals surface area (Å²) >= 11 is 0. The number of carbonyl (C=O) groups is 1. The maximum Gasteiger partial charge on any atom is 0.343 e. The molecule has 0 spiro atoms. The molecule has 2 rings (SSSR count). The number of ether oxygens (including phenoxy) is 1. The van der Waals surface area contributed by atoms with Crippen molar-refractivity contribution < 1.29 is 14.6 Å². The summed E-state index contributed by atoms with van der Waals surface area (Å²) < 4.78 is 4.98. The van der Waals surface area contributed by atoms with E-state index in [0.717, 1.165) is 24.3 Å². The molecule has 2 N–H and O–H groups in total. The number of aliphatic hydroxyl groups excluding tert-OH is 1. The quantitative estimate of drug-likeness (QED) is 0.129. The lowest BCUT2D eigenvalue weighted by atomic mass is 9.99. The Balaban J connectivity index is 2.02. The van der Waals surface area contributed by atoms with Gasteiger partial charge in [0.15, 0.2) is 0 Å². The lowest BCUT2D eigenvalue weighted by molar-refractivity contribution is -0.138. The Labute approximate surface area is 186 Å². The Morgan fingerprint density at radius 3 is 2.68 bits per heavy atom. The number of allylic oxidation sites excluding steroid dienone is 1. The largest absolute Gasteiger partial charge is 0.512 e. The van der Waals surface area contributed by atoms with Crippen molar-refractivity contribution in [3.8, 4) is 0 Å². The van der Waals surface area contributed by atoms with Crippen molar-refractivity contribution in [2.75, 3.05) is 13.2 Å². The summed E-state index contributed by atoms with van der Waals surface area (Å²) in [5.74, 6) is 0.196. The molecular weight excluding hydrogens is 388 g/mol. The number of carbonyl (C=O) groups excluding carboxylic acids is 1. The molecule has 1 atom stereocenters. The van der Waals surface area contributed by atoms with Crippen molar-refractivity contribution in [3.63, 3.8) is 0 Å². The van der Waals surface area contributed by atoms with Crippen LogP contribution in [0.4, 0.5) is 0 Å². The van der Waals surface area contributed by atoms with Crippen molar-refractivity contribution in [1.82, 2.24) is 4.98 Å². The number of hydrogen-bond acceptors (Lipinski definition) is 4. The van der Waals surface area contributed by atoms with E-state index in [-0.39, 0.29) is 17.9 Å². The molecule has 0 aliphatic heterocycles. The minimum atomic E-state index is -0.545. The van der Waals surface area contributed by atoms with Crippen molar-refractivity contribution >= 4 is 23.1 Å². The normalized spacial score (nSPS) is 13.5. The van der Waals surface area contributed by atoms with Crippen LogP contribution >= 0.6 is 0 Å². The number of para-hydroxylation sites is 1. The third-order valence-electron chi connectivity index (χ3n) is 5.82. The average molecular weight is 427 g/mol. The minimum Gasteiger partial charge on any atom is -0.512 e. The number of benzene rings is 1. The average Bonchev–Trinajstić information content (AvgIpc) is 3.10. The van der Waals surface area contributed by atoms with Gasteiger partial charge in [-0.25, -0.2) is 4.79 Å². The number of hydrogen-bond donors (Lipinski definition) is 2. The Morgan fingerprint density at radius 1 is 1.19 bits per heavy atom. The van der Waals surface area contributed by atoms with E-state index in [9.17, 15) is 9.90 Å². The number of aromatic amines is 1. The summed E-state index contributed by atoms with van der Waals surface area (Å²) in [4.78, 5) is 19.9. The maximum atomic E-state index is 11.9. The molecule has 0 saturated carbocycles. The molecule has 0 aliphatic rings. The van der Waals surface area contributed by atoms with Gasteiger partial charge in [0.1, 0.15) is 11.3 Å². The van der Waals surface area contributed by atoms with Crippen LogP contribution in [-0.4, -0.2) is 35.4 Å². The molecule has 170 valence electrons. The van der Waals surface area contributed by atoms with Crippen LogP contribution in [0.3, 0.4) is 0 Å². The number of nitrogens with zero attached hydrogens (tertiary/aromatic N) is 1. The van der Waals surface area contributed by atoms with Gasteiger partial charge in [-0.1, -0.05) is 57.7 Å². The first-order valence-corrected chi connectivity index (χ1v) is 11.6. The number of H-pyrrole nitrogens is 1. The Bertz CT molecular complexity index is 891. The fourth-order valence-corrected chi connectivity index (χ4v) is 3.77. The first kappa shape index (κ1) is 24.7. The van der Waals surface area contributed by atoms with Crippen LogP contribution in [0, 0.1) is 5.92 Å². The summed E-state index contributed by atoms with van der Waals surface area (Å²) in [6, 6.07) is 8.39. The van der Waals surface area contributed by atoms with Gasteiger partial charge in [0, 0.05) is 29.4 Å². The number of aliphatic imine (C=N–C) groups is 1. The highest BCUT2D eigenvalue weighted by Crippen LogP contribution is 2.25. The first-order chi connectivity index (χ1) is 15.0. The number of esters is 1. The summed E-state index contributed by atoms with van der Waals surface area (Å²) in [6.45, 7) is 8.60. The highest BCUT2D eigenvalue weighted by Gasteiger charge is 2.13. The second-order valence-corrected chi connectivity index (χ2v) is 8.25. The fourth-order valence-electron chi connectivity index (χ4n) is 3.77. The van der Waals surface area contributed by atoms with Crippen molar-refractivity contribution in [2.24, 2.45) is 10.9 Å². The molecule has 0 saturated heterocycles. The predicted molar refractivity (Wildman–Crippen MR) is 129 cm³/mol. The van der Waals surface area contributed by atoms with Gasteiger partial charge in [-0.3, -0.25) is 4.99 Å². The number of aliphatic hydroxyl groups is 1. The van der Waals surface area contributed by atoms with Gasteiger partial charge >= 0.3 is 5.97 Å². The molecule has 0 aliphatic carbocycles. The Hall–Kier alpha value is -2.56. The van der Waals surface area contributed by atoms with E-state index in [1.54, 1.807) is 6.92 Å². The zero-order valence-electron chi connectivity index (χ0n) is 19.5. The highest BCUT2D eigenvalue weighted by atomic mass is 16.5. The third kappa shape index (κ3) is 7.57. The lowest BCUT2D eigenvalue weighted by Gasteiger charge is -2.08. The van der Waals surface area contributed by atoms with Crippen molar-refractivity contribution in [1.29, 1.82) is 0 Å². The summed E-state index contributed by atoms with van der Waals surface area (Å²) in [6.07, 6.45) is 9.54. The van der Waals surface area contributed by atoms with Crippen LogP contribution in [0.2, 0.25) is 0 Å². The molecule has 5 nitrogen and oxygen atoms in total.